The Morgan fingerprint density at radius 3 is 2.53 bits per heavy atom. The van der Waals surface area contributed by atoms with Gasteiger partial charge in [0.25, 0.3) is 5.91 Å². The molecule has 0 aliphatic carbocycles. The summed E-state index contributed by atoms with van der Waals surface area (Å²) in [5, 5.41) is 2.62. The number of anilines is 1. The number of nitrogens with zero attached hydrogens (tertiary/aromatic N) is 1. The summed E-state index contributed by atoms with van der Waals surface area (Å²) in [6.45, 7) is 1.26. The van der Waals surface area contributed by atoms with Gasteiger partial charge in [-0.1, -0.05) is 18.2 Å². The van der Waals surface area contributed by atoms with Crippen LogP contribution in [0.1, 0.15) is 10.6 Å². The number of ether oxygens (including phenoxy) is 1. The van der Waals surface area contributed by atoms with Gasteiger partial charge in [-0.15, -0.1) is 0 Å². The number of amides is 1. The van der Waals surface area contributed by atoms with Crippen LogP contribution in [0, 0.1) is 5.82 Å². The van der Waals surface area contributed by atoms with E-state index in [9.17, 15) is 17.6 Å². The molecular weight excluding hydrogens is 411 g/mol. The fraction of sp³-hybridized carbons (Fsp3) is 0.190. The summed E-state index contributed by atoms with van der Waals surface area (Å²) < 4.78 is 51.5. The average molecular weight is 430 g/mol. The van der Waals surface area contributed by atoms with Crippen LogP contribution in [0.5, 0.6) is 0 Å². The average Bonchev–Trinajstić information content (AvgIpc) is 3.25. The largest absolute Gasteiger partial charge is 0.451 e. The second-order valence-electron chi connectivity index (χ2n) is 6.64. The van der Waals surface area contributed by atoms with Gasteiger partial charge < -0.3 is 14.5 Å². The van der Waals surface area contributed by atoms with Crippen molar-refractivity contribution in [2.24, 2.45) is 0 Å². The zero-order valence-electron chi connectivity index (χ0n) is 15.9. The first kappa shape index (κ1) is 20.3. The predicted octanol–water partition coefficient (Wildman–Crippen LogP) is 3.36. The highest BCUT2D eigenvalue weighted by Gasteiger charge is 2.26. The minimum atomic E-state index is -3.68. The highest BCUT2D eigenvalue weighted by Crippen LogP contribution is 2.26. The molecule has 0 unspecified atom stereocenters. The number of hydrogen-bond donors (Lipinski definition) is 1. The van der Waals surface area contributed by atoms with Crippen LogP contribution in [-0.4, -0.2) is 44.9 Å². The first-order chi connectivity index (χ1) is 14.4. The van der Waals surface area contributed by atoms with Crippen LogP contribution in [0.3, 0.4) is 0 Å². The molecule has 1 aliphatic rings. The molecule has 4 rings (SSSR count). The predicted molar refractivity (Wildman–Crippen MR) is 108 cm³/mol. The maximum Gasteiger partial charge on any atom is 0.291 e. The third-order valence-corrected chi connectivity index (χ3v) is 6.56. The molecule has 0 bridgehead atoms. The van der Waals surface area contributed by atoms with Gasteiger partial charge in [-0.2, -0.15) is 4.31 Å². The standard InChI is InChI=1S/C21H19FN2O5S/c22-18-7-2-1-6-17(18)19-8-9-20(29-19)21(25)23-15-4-3-5-16(14-15)30(26,27)24-10-12-28-13-11-24/h1-9,14H,10-13H2,(H,23,25). The SMILES string of the molecule is O=C(Nc1cccc(S(=O)(=O)N2CCOCC2)c1)c1ccc(-c2ccccc2F)o1. The van der Waals surface area contributed by atoms with Crippen molar-refractivity contribution in [1.82, 2.24) is 4.31 Å². The third-order valence-electron chi connectivity index (χ3n) is 4.67. The first-order valence-electron chi connectivity index (χ1n) is 9.29. The minimum Gasteiger partial charge on any atom is -0.451 e. The van der Waals surface area contributed by atoms with Crippen molar-refractivity contribution in [3.63, 3.8) is 0 Å². The number of carbonyl (C=O) groups is 1. The Hall–Kier alpha value is -3.01. The lowest BCUT2D eigenvalue weighted by Crippen LogP contribution is -2.40. The lowest BCUT2D eigenvalue weighted by molar-refractivity contribution is 0.0730. The number of morpholine rings is 1. The molecule has 1 saturated heterocycles. The molecule has 0 atom stereocenters. The van der Waals surface area contributed by atoms with E-state index < -0.39 is 21.7 Å². The van der Waals surface area contributed by atoms with Crippen LogP contribution < -0.4 is 5.32 Å². The van der Waals surface area contributed by atoms with Gasteiger partial charge in [-0.05, 0) is 42.5 Å². The van der Waals surface area contributed by atoms with Crippen LogP contribution in [0.25, 0.3) is 11.3 Å². The molecule has 1 aliphatic heterocycles. The van der Waals surface area contributed by atoms with E-state index in [1.807, 2.05) is 0 Å². The quantitative estimate of drug-likeness (QED) is 0.671. The van der Waals surface area contributed by atoms with E-state index in [-0.39, 0.29) is 35.1 Å². The summed E-state index contributed by atoms with van der Waals surface area (Å²) in [5.41, 5.74) is 0.549. The lowest BCUT2D eigenvalue weighted by Gasteiger charge is -2.26. The number of carbonyl (C=O) groups excluding carboxylic acids is 1. The molecular formula is C21H19FN2O5S. The fourth-order valence-electron chi connectivity index (χ4n) is 3.13. The molecule has 30 heavy (non-hydrogen) atoms. The minimum absolute atomic E-state index is 0.0188. The topological polar surface area (TPSA) is 88.9 Å². The second-order valence-corrected chi connectivity index (χ2v) is 8.58. The Balaban J connectivity index is 1.52. The summed E-state index contributed by atoms with van der Waals surface area (Å²) in [7, 11) is -3.68. The highest BCUT2D eigenvalue weighted by atomic mass is 32.2. The molecule has 3 aromatic rings. The van der Waals surface area contributed by atoms with Crippen LogP contribution in [0.2, 0.25) is 0 Å². The molecule has 1 amide bonds. The van der Waals surface area contributed by atoms with Gasteiger partial charge in [0.1, 0.15) is 11.6 Å². The molecule has 2 heterocycles. The van der Waals surface area contributed by atoms with Gasteiger partial charge in [0.05, 0.1) is 23.7 Å². The molecule has 9 heteroatoms. The number of hydrogen-bond acceptors (Lipinski definition) is 5. The van der Waals surface area contributed by atoms with Gasteiger partial charge in [-0.25, -0.2) is 12.8 Å². The van der Waals surface area contributed by atoms with Crippen molar-refractivity contribution >= 4 is 21.6 Å². The first-order valence-corrected chi connectivity index (χ1v) is 10.7. The van der Waals surface area contributed by atoms with Gasteiger partial charge in [0.2, 0.25) is 10.0 Å². The molecule has 0 radical (unpaired) electrons. The Labute approximate surface area is 173 Å². The number of rotatable bonds is 5. The molecule has 156 valence electrons. The Morgan fingerprint density at radius 1 is 1.00 bits per heavy atom. The van der Waals surface area contributed by atoms with Crippen LogP contribution in [0.15, 0.2) is 70.0 Å². The van der Waals surface area contributed by atoms with Gasteiger partial charge in [-0.3, -0.25) is 4.79 Å². The van der Waals surface area contributed by atoms with E-state index >= 15 is 0 Å². The summed E-state index contributed by atoms with van der Waals surface area (Å²) in [6, 6.07) is 15.0. The number of sulfonamides is 1. The van der Waals surface area contributed by atoms with Gasteiger partial charge in [0, 0.05) is 18.8 Å². The van der Waals surface area contributed by atoms with Crippen molar-refractivity contribution in [1.29, 1.82) is 0 Å². The Kier molecular flexibility index (Phi) is 5.67. The Morgan fingerprint density at radius 2 is 1.77 bits per heavy atom. The zero-order valence-corrected chi connectivity index (χ0v) is 16.7. The third kappa shape index (κ3) is 4.13. The maximum atomic E-state index is 13.9. The molecule has 2 aromatic carbocycles. The fourth-order valence-corrected chi connectivity index (χ4v) is 4.58. The normalized spacial score (nSPS) is 15.1. The van der Waals surface area contributed by atoms with Crippen molar-refractivity contribution in [3.8, 4) is 11.3 Å². The van der Waals surface area contributed by atoms with Crippen molar-refractivity contribution in [3.05, 3.63) is 72.2 Å². The molecule has 0 spiro atoms. The number of halogens is 1. The van der Waals surface area contributed by atoms with E-state index in [1.54, 1.807) is 30.3 Å². The smallest absolute Gasteiger partial charge is 0.291 e. The monoisotopic (exact) mass is 430 g/mol. The van der Waals surface area contributed by atoms with Crippen molar-refractivity contribution in [2.45, 2.75) is 4.90 Å². The van der Waals surface area contributed by atoms with Crippen LogP contribution in [0.4, 0.5) is 10.1 Å². The van der Waals surface area contributed by atoms with Crippen molar-refractivity contribution in [2.75, 3.05) is 31.6 Å². The molecule has 1 N–H and O–H groups in total. The number of furan rings is 1. The van der Waals surface area contributed by atoms with Gasteiger partial charge >= 0.3 is 0 Å². The molecule has 0 saturated carbocycles. The van der Waals surface area contributed by atoms with E-state index in [0.717, 1.165) is 0 Å². The van der Waals surface area contributed by atoms with Crippen molar-refractivity contribution < 1.29 is 26.8 Å². The second kappa shape index (κ2) is 8.39. The summed E-state index contributed by atoms with van der Waals surface area (Å²) in [5.74, 6) is -0.824. The van der Waals surface area contributed by atoms with Crippen LogP contribution >= 0.6 is 0 Å². The molecule has 1 fully saturated rings. The van der Waals surface area contributed by atoms with E-state index in [0.29, 0.717) is 18.9 Å². The van der Waals surface area contributed by atoms with E-state index in [1.165, 1.54) is 34.6 Å². The summed E-state index contributed by atoms with van der Waals surface area (Å²) in [4.78, 5) is 12.6. The molecule has 1 aromatic heterocycles. The highest BCUT2D eigenvalue weighted by molar-refractivity contribution is 7.89. The Bertz CT molecular complexity index is 1170. The number of nitrogens with one attached hydrogen (secondary N) is 1. The van der Waals surface area contributed by atoms with Gasteiger partial charge in [0.15, 0.2) is 5.76 Å². The summed E-state index contributed by atoms with van der Waals surface area (Å²) >= 11 is 0. The van der Waals surface area contributed by atoms with E-state index in [4.69, 9.17) is 9.15 Å². The number of benzene rings is 2. The maximum absolute atomic E-state index is 13.9. The van der Waals surface area contributed by atoms with E-state index in [2.05, 4.69) is 5.32 Å². The lowest BCUT2D eigenvalue weighted by atomic mass is 10.1. The zero-order chi connectivity index (χ0) is 21.1. The van der Waals surface area contributed by atoms with Crippen LogP contribution in [-0.2, 0) is 14.8 Å². The summed E-state index contributed by atoms with van der Waals surface area (Å²) in [6.07, 6.45) is 0. The molecule has 7 nitrogen and oxygen atoms in total.